The Morgan fingerprint density at radius 1 is 1.19 bits per heavy atom. The molecule has 0 saturated carbocycles. The van der Waals surface area contributed by atoms with Gasteiger partial charge < -0.3 is 5.32 Å². The second kappa shape index (κ2) is 5.46. The summed E-state index contributed by atoms with van der Waals surface area (Å²) in [4.78, 5) is 13.6. The van der Waals surface area contributed by atoms with Gasteiger partial charge in [-0.15, -0.1) is 0 Å². The minimum atomic E-state index is 0.668. The molecule has 5 heteroatoms. The summed E-state index contributed by atoms with van der Waals surface area (Å²) in [5, 5.41) is 4.01. The van der Waals surface area contributed by atoms with Gasteiger partial charge in [0.15, 0.2) is 0 Å². The Kier molecular flexibility index (Phi) is 3.71. The van der Waals surface area contributed by atoms with E-state index in [0.717, 1.165) is 16.5 Å². The monoisotopic (exact) mass is 232 g/mol. The molecule has 82 valence electrons. The minimum Gasteiger partial charge on any atom is -0.354 e. The normalized spacial score (nSPS) is 10.1. The molecule has 0 atom stereocenters. The van der Waals surface area contributed by atoms with Crippen LogP contribution < -0.4 is 5.32 Å². The molecule has 0 aromatic carbocycles. The number of aromatic nitrogens is 3. The van der Waals surface area contributed by atoms with Gasteiger partial charge in [-0.05, 0) is 25.1 Å². The number of hydrogen-bond acceptors (Lipinski definition) is 5. The lowest BCUT2D eigenvalue weighted by Crippen LogP contribution is -2.01. The molecule has 0 aliphatic heterocycles. The highest BCUT2D eigenvalue weighted by Crippen LogP contribution is 2.25. The highest BCUT2D eigenvalue weighted by molar-refractivity contribution is 7.99. The van der Waals surface area contributed by atoms with Crippen LogP contribution in [0.2, 0.25) is 0 Å². The number of nitrogens with one attached hydrogen (secondary N) is 1. The number of hydrogen-bond donors (Lipinski definition) is 1. The van der Waals surface area contributed by atoms with Gasteiger partial charge in [-0.1, -0.05) is 11.8 Å². The average molecular weight is 232 g/mol. The first-order chi connectivity index (χ1) is 7.88. The minimum absolute atomic E-state index is 0.668. The fraction of sp³-hybridized carbons (Fsp3) is 0.182. The zero-order valence-electron chi connectivity index (χ0n) is 8.92. The van der Waals surface area contributed by atoms with Crippen molar-refractivity contribution in [3.63, 3.8) is 0 Å². The molecule has 2 heterocycles. The quantitative estimate of drug-likeness (QED) is 0.821. The molecule has 1 N–H and O–H groups in total. The summed E-state index contributed by atoms with van der Waals surface area (Å²) in [6, 6.07) is 5.81. The molecule has 2 aromatic rings. The molecule has 0 fully saturated rings. The second-order valence-corrected chi connectivity index (χ2v) is 4.13. The molecular weight excluding hydrogens is 220 g/mol. The first kappa shape index (κ1) is 10.9. The van der Waals surface area contributed by atoms with Gasteiger partial charge in [0.2, 0.25) is 5.95 Å². The Hall–Kier alpha value is -1.62. The Bertz CT molecular complexity index is 447. The predicted molar refractivity (Wildman–Crippen MR) is 64.6 cm³/mol. The van der Waals surface area contributed by atoms with Crippen LogP contribution in [0.1, 0.15) is 6.92 Å². The third-order valence-corrected chi connectivity index (χ3v) is 2.78. The standard InChI is InChI=1S/C11H12N4S/c1-2-13-11-14-8-5-10(15-11)16-9-3-6-12-7-4-9/h3-8H,2H2,1H3,(H,13,14,15). The molecule has 16 heavy (non-hydrogen) atoms. The zero-order valence-corrected chi connectivity index (χ0v) is 9.74. The molecule has 0 unspecified atom stereocenters. The van der Waals surface area contributed by atoms with Crippen LogP contribution >= 0.6 is 11.8 Å². The summed E-state index contributed by atoms with van der Waals surface area (Å²) in [6.07, 6.45) is 5.30. The summed E-state index contributed by atoms with van der Waals surface area (Å²) >= 11 is 1.60. The van der Waals surface area contributed by atoms with Crippen molar-refractivity contribution in [3.05, 3.63) is 36.8 Å². The fourth-order valence-corrected chi connectivity index (χ4v) is 1.93. The van der Waals surface area contributed by atoms with Gasteiger partial charge in [-0.25, -0.2) is 9.97 Å². The molecule has 0 amide bonds. The first-order valence-corrected chi connectivity index (χ1v) is 5.85. The summed E-state index contributed by atoms with van der Waals surface area (Å²) in [5.41, 5.74) is 0. The van der Waals surface area contributed by atoms with E-state index in [1.54, 1.807) is 30.4 Å². The maximum absolute atomic E-state index is 4.38. The molecular formula is C11H12N4S. The van der Waals surface area contributed by atoms with E-state index in [9.17, 15) is 0 Å². The lowest BCUT2D eigenvalue weighted by Gasteiger charge is -2.03. The van der Waals surface area contributed by atoms with E-state index < -0.39 is 0 Å². The van der Waals surface area contributed by atoms with Crippen molar-refractivity contribution in [1.29, 1.82) is 0 Å². The van der Waals surface area contributed by atoms with Crippen LogP contribution in [0.3, 0.4) is 0 Å². The highest BCUT2D eigenvalue weighted by atomic mass is 32.2. The highest BCUT2D eigenvalue weighted by Gasteiger charge is 2.00. The van der Waals surface area contributed by atoms with Crippen molar-refractivity contribution >= 4 is 17.7 Å². The van der Waals surface area contributed by atoms with Gasteiger partial charge in [0, 0.05) is 30.0 Å². The van der Waals surface area contributed by atoms with Crippen LogP contribution in [0, 0.1) is 0 Å². The summed E-state index contributed by atoms with van der Waals surface area (Å²) in [7, 11) is 0. The van der Waals surface area contributed by atoms with Crippen LogP contribution in [0.15, 0.2) is 46.7 Å². The molecule has 0 saturated heterocycles. The van der Waals surface area contributed by atoms with E-state index >= 15 is 0 Å². The lowest BCUT2D eigenvalue weighted by molar-refractivity contribution is 1.01. The van der Waals surface area contributed by atoms with Crippen molar-refractivity contribution in [3.8, 4) is 0 Å². The fourth-order valence-electron chi connectivity index (χ4n) is 1.17. The Morgan fingerprint density at radius 3 is 2.75 bits per heavy atom. The molecule has 0 aliphatic rings. The number of pyridine rings is 1. The average Bonchev–Trinajstić information content (AvgIpc) is 2.31. The SMILES string of the molecule is CCNc1nccc(Sc2ccncc2)n1. The molecule has 2 rings (SSSR count). The molecule has 0 bridgehead atoms. The van der Waals surface area contributed by atoms with Crippen molar-refractivity contribution in [2.45, 2.75) is 16.8 Å². The Labute approximate surface area is 98.6 Å². The molecule has 2 aromatic heterocycles. The van der Waals surface area contributed by atoms with Gasteiger partial charge in [0.05, 0.1) is 0 Å². The lowest BCUT2D eigenvalue weighted by atomic mass is 10.5. The van der Waals surface area contributed by atoms with Gasteiger partial charge in [-0.3, -0.25) is 4.98 Å². The van der Waals surface area contributed by atoms with Gasteiger partial charge in [0.1, 0.15) is 5.03 Å². The van der Waals surface area contributed by atoms with E-state index in [1.165, 1.54) is 0 Å². The topological polar surface area (TPSA) is 50.7 Å². The maximum atomic E-state index is 4.38. The van der Waals surface area contributed by atoms with Crippen molar-refractivity contribution in [1.82, 2.24) is 15.0 Å². The predicted octanol–water partition coefficient (Wildman–Crippen LogP) is 2.45. The first-order valence-electron chi connectivity index (χ1n) is 5.03. The molecule has 4 nitrogen and oxygen atoms in total. The molecule has 0 radical (unpaired) electrons. The maximum Gasteiger partial charge on any atom is 0.223 e. The smallest absolute Gasteiger partial charge is 0.223 e. The van der Waals surface area contributed by atoms with Crippen molar-refractivity contribution < 1.29 is 0 Å². The number of nitrogens with zero attached hydrogens (tertiary/aromatic N) is 3. The van der Waals surface area contributed by atoms with E-state index in [-0.39, 0.29) is 0 Å². The number of anilines is 1. The van der Waals surface area contributed by atoms with Crippen molar-refractivity contribution in [2.24, 2.45) is 0 Å². The van der Waals surface area contributed by atoms with Crippen LogP contribution in [-0.4, -0.2) is 21.5 Å². The van der Waals surface area contributed by atoms with Crippen LogP contribution in [0.25, 0.3) is 0 Å². The summed E-state index contributed by atoms with van der Waals surface area (Å²) in [6.45, 7) is 2.84. The van der Waals surface area contributed by atoms with E-state index in [0.29, 0.717) is 5.95 Å². The number of rotatable bonds is 4. The van der Waals surface area contributed by atoms with Gasteiger partial charge in [0.25, 0.3) is 0 Å². The van der Waals surface area contributed by atoms with Crippen LogP contribution in [-0.2, 0) is 0 Å². The van der Waals surface area contributed by atoms with Crippen LogP contribution in [0.4, 0.5) is 5.95 Å². The Morgan fingerprint density at radius 2 is 2.00 bits per heavy atom. The molecule has 0 spiro atoms. The largest absolute Gasteiger partial charge is 0.354 e. The second-order valence-electron chi connectivity index (χ2n) is 3.03. The van der Waals surface area contributed by atoms with E-state index in [4.69, 9.17) is 0 Å². The van der Waals surface area contributed by atoms with Gasteiger partial charge in [-0.2, -0.15) is 0 Å². The third kappa shape index (κ3) is 2.93. The zero-order chi connectivity index (χ0) is 11.2. The summed E-state index contributed by atoms with van der Waals surface area (Å²) in [5.74, 6) is 0.668. The van der Waals surface area contributed by atoms with Crippen LogP contribution in [0.5, 0.6) is 0 Å². The molecule has 0 aliphatic carbocycles. The van der Waals surface area contributed by atoms with E-state index in [2.05, 4.69) is 20.3 Å². The van der Waals surface area contributed by atoms with Crippen molar-refractivity contribution in [2.75, 3.05) is 11.9 Å². The van der Waals surface area contributed by atoms with Gasteiger partial charge >= 0.3 is 0 Å². The summed E-state index contributed by atoms with van der Waals surface area (Å²) < 4.78 is 0. The Balaban J connectivity index is 2.12. The third-order valence-electron chi connectivity index (χ3n) is 1.84. The van der Waals surface area contributed by atoms with E-state index in [1.807, 2.05) is 25.1 Å².